The van der Waals surface area contributed by atoms with Crippen molar-refractivity contribution in [3.8, 4) is 0 Å². The summed E-state index contributed by atoms with van der Waals surface area (Å²) < 4.78 is 23.5. The molecule has 7 heteroatoms. The Bertz CT molecular complexity index is 241. The Hall–Kier alpha value is -1.40. The molecule has 0 radical (unpaired) electrons. The third-order valence-electron chi connectivity index (χ3n) is 1.73. The number of nitrogens with one attached hydrogen (secondary N) is 1. The number of nitrogens with two attached hydrogens (primary N) is 1. The van der Waals surface area contributed by atoms with Crippen molar-refractivity contribution in [2.45, 2.75) is 20.3 Å². The fourth-order valence-corrected chi connectivity index (χ4v) is 0.632. The zero-order valence-corrected chi connectivity index (χ0v) is 7.92. The van der Waals surface area contributed by atoms with Gasteiger partial charge >= 0.3 is 0 Å². The monoisotopic (exact) mass is 209 g/mol. The van der Waals surface area contributed by atoms with E-state index in [0.717, 1.165) is 0 Å². The Labute approximate surface area is 80.0 Å². The van der Waals surface area contributed by atoms with Gasteiger partial charge in [-0.1, -0.05) is 5.16 Å². The van der Waals surface area contributed by atoms with Crippen LogP contribution in [0.4, 0.5) is 8.78 Å². The van der Waals surface area contributed by atoms with Crippen molar-refractivity contribution in [2.75, 3.05) is 6.54 Å². The van der Waals surface area contributed by atoms with Gasteiger partial charge in [0.15, 0.2) is 5.84 Å². The second-order valence-electron chi connectivity index (χ2n) is 3.21. The largest absolute Gasteiger partial charge is 0.409 e. The van der Waals surface area contributed by atoms with E-state index in [9.17, 15) is 13.6 Å². The van der Waals surface area contributed by atoms with E-state index in [1.165, 1.54) is 13.8 Å². The molecule has 0 aromatic rings. The first-order chi connectivity index (χ1) is 6.32. The van der Waals surface area contributed by atoms with Gasteiger partial charge in [0.05, 0.1) is 6.54 Å². The number of amides is 1. The van der Waals surface area contributed by atoms with Gasteiger partial charge < -0.3 is 16.3 Å². The normalized spacial score (nSPS) is 13.1. The molecule has 0 bridgehead atoms. The molecule has 4 N–H and O–H groups in total. The lowest BCUT2D eigenvalue weighted by Gasteiger charge is -2.21. The highest BCUT2D eigenvalue weighted by atomic mass is 19.3. The van der Waals surface area contributed by atoms with E-state index in [-0.39, 0.29) is 5.84 Å². The van der Waals surface area contributed by atoms with E-state index in [1.54, 1.807) is 0 Å². The predicted molar refractivity (Wildman–Crippen MR) is 46.2 cm³/mol. The van der Waals surface area contributed by atoms with Crippen LogP contribution in [0.2, 0.25) is 0 Å². The molecule has 0 fully saturated rings. The summed E-state index contributed by atoms with van der Waals surface area (Å²) >= 11 is 0. The average Bonchev–Trinajstić information content (AvgIpc) is 2.12. The number of carbonyl (C=O) groups is 1. The average molecular weight is 209 g/mol. The quantitative estimate of drug-likeness (QED) is 0.266. The lowest BCUT2D eigenvalue weighted by atomic mass is 9.91. The second kappa shape index (κ2) is 4.73. The highest BCUT2D eigenvalue weighted by Crippen LogP contribution is 2.15. The van der Waals surface area contributed by atoms with Gasteiger partial charge in [-0.3, -0.25) is 4.79 Å². The SMILES string of the molecule is CC(C)(C(=O)NCC(F)F)C(N)=NO. The molecule has 0 atom stereocenters. The van der Waals surface area contributed by atoms with Crippen molar-refractivity contribution in [1.29, 1.82) is 0 Å². The van der Waals surface area contributed by atoms with Crippen LogP contribution in [0.25, 0.3) is 0 Å². The van der Waals surface area contributed by atoms with E-state index < -0.39 is 24.3 Å². The zero-order valence-electron chi connectivity index (χ0n) is 7.92. The van der Waals surface area contributed by atoms with Crippen molar-refractivity contribution in [2.24, 2.45) is 16.3 Å². The molecule has 0 aromatic heterocycles. The predicted octanol–water partition coefficient (Wildman–Crippen LogP) is 0.140. The molecule has 0 aromatic carbocycles. The van der Waals surface area contributed by atoms with Crippen LogP contribution in [-0.4, -0.2) is 29.9 Å². The Balaban J connectivity index is 4.37. The van der Waals surface area contributed by atoms with Gasteiger partial charge in [0.2, 0.25) is 5.91 Å². The minimum absolute atomic E-state index is 0.329. The van der Waals surface area contributed by atoms with E-state index in [0.29, 0.717) is 0 Å². The number of amidine groups is 1. The first kappa shape index (κ1) is 12.6. The summed E-state index contributed by atoms with van der Waals surface area (Å²) in [6.45, 7) is 1.98. The molecule has 0 aliphatic heterocycles. The number of oxime groups is 1. The minimum Gasteiger partial charge on any atom is -0.409 e. The van der Waals surface area contributed by atoms with E-state index >= 15 is 0 Å². The molecule has 0 unspecified atom stereocenters. The molecular weight excluding hydrogens is 196 g/mol. The summed E-state index contributed by atoms with van der Waals surface area (Å²) in [6.07, 6.45) is -2.62. The third kappa shape index (κ3) is 3.15. The van der Waals surface area contributed by atoms with Crippen LogP contribution in [-0.2, 0) is 4.79 Å². The van der Waals surface area contributed by atoms with Gasteiger partial charge in [-0.2, -0.15) is 0 Å². The van der Waals surface area contributed by atoms with Crippen LogP contribution < -0.4 is 11.1 Å². The highest BCUT2D eigenvalue weighted by Gasteiger charge is 2.32. The number of nitrogens with zero attached hydrogens (tertiary/aromatic N) is 1. The fourth-order valence-electron chi connectivity index (χ4n) is 0.632. The van der Waals surface area contributed by atoms with Gasteiger partial charge in [0, 0.05) is 0 Å². The smallest absolute Gasteiger partial charge is 0.255 e. The first-order valence-electron chi connectivity index (χ1n) is 3.86. The molecule has 1 amide bonds. The van der Waals surface area contributed by atoms with Gasteiger partial charge in [-0.05, 0) is 13.8 Å². The molecule has 82 valence electrons. The Morgan fingerprint density at radius 1 is 1.64 bits per heavy atom. The first-order valence-corrected chi connectivity index (χ1v) is 3.86. The molecule has 0 heterocycles. The summed E-state index contributed by atoms with van der Waals surface area (Å²) in [5.74, 6) is -1.04. The van der Waals surface area contributed by atoms with Crippen LogP contribution in [0.15, 0.2) is 5.16 Å². The Morgan fingerprint density at radius 2 is 2.14 bits per heavy atom. The van der Waals surface area contributed by atoms with Crippen LogP contribution in [0, 0.1) is 5.41 Å². The van der Waals surface area contributed by atoms with E-state index in [4.69, 9.17) is 10.9 Å². The Kier molecular flexibility index (Phi) is 4.26. The molecule has 0 aliphatic rings. The third-order valence-corrected chi connectivity index (χ3v) is 1.73. The van der Waals surface area contributed by atoms with Crippen molar-refractivity contribution in [3.05, 3.63) is 0 Å². The zero-order chi connectivity index (χ0) is 11.4. The van der Waals surface area contributed by atoms with Crippen molar-refractivity contribution < 1.29 is 18.8 Å². The maximum Gasteiger partial charge on any atom is 0.255 e. The molecule has 0 spiro atoms. The van der Waals surface area contributed by atoms with Crippen LogP contribution in [0.3, 0.4) is 0 Å². The molecule has 0 saturated heterocycles. The fraction of sp³-hybridized carbons (Fsp3) is 0.714. The van der Waals surface area contributed by atoms with Crippen LogP contribution >= 0.6 is 0 Å². The van der Waals surface area contributed by atoms with Crippen molar-refractivity contribution in [3.63, 3.8) is 0 Å². The van der Waals surface area contributed by atoms with Gasteiger partial charge in [-0.15, -0.1) is 0 Å². The number of hydrogen-bond donors (Lipinski definition) is 3. The van der Waals surface area contributed by atoms with Crippen molar-refractivity contribution >= 4 is 11.7 Å². The number of carbonyl (C=O) groups excluding carboxylic acids is 1. The van der Waals surface area contributed by atoms with Crippen LogP contribution in [0.5, 0.6) is 0 Å². The van der Waals surface area contributed by atoms with E-state index in [2.05, 4.69) is 5.16 Å². The summed E-state index contributed by atoms with van der Waals surface area (Å²) in [4.78, 5) is 11.3. The number of rotatable bonds is 4. The summed E-state index contributed by atoms with van der Waals surface area (Å²) in [7, 11) is 0. The summed E-state index contributed by atoms with van der Waals surface area (Å²) in [5, 5.41) is 13.0. The topological polar surface area (TPSA) is 87.7 Å². The Morgan fingerprint density at radius 3 is 2.50 bits per heavy atom. The highest BCUT2D eigenvalue weighted by molar-refractivity contribution is 6.05. The number of halogens is 2. The number of hydrogen-bond acceptors (Lipinski definition) is 3. The molecule has 5 nitrogen and oxygen atoms in total. The maximum absolute atomic E-state index is 11.7. The maximum atomic E-state index is 11.7. The molecular formula is C7H13F2N3O2. The standard InChI is InChI=1S/C7H13F2N3O2/c1-7(2,5(10)12-14)6(13)11-3-4(8)9/h4,14H,3H2,1-2H3,(H2,10,12)(H,11,13). The molecule has 0 rings (SSSR count). The molecule has 14 heavy (non-hydrogen) atoms. The summed E-state index contributed by atoms with van der Waals surface area (Å²) in [5.41, 5.74) is 3.91. The lowest BCUT2D eigenvalue weighted by Crippen LogP contribution is -2.47. The summed E-state index contributed by atoms with van der Waals surface area (Å²) in [6, 6.07) is 0. The molecule has 0 saturated carbocycles. The van der Waals surface area contributed by atoms with Crippen LogP contribution in [0.1, 0.15) is 13.8 Å². The van der Waals surface area contributed by atoms with Crippen molar-refractivity contribution in [1.82, 2.24) is 5.32 Å². The lowest BCUT2D eigenvalue weighted by molar-refractivity contribution is -0.127. The minimum atomic E-state index is -2.62. The van der Waals surface area contributed by atoms with E-state index in [1.807, 2.05) is 5.32 Å². The van der Waals surface area contributed by atoms with Gasteiger partial charge in [0.25, 0.3) is 6.43 Å². The van der Waals surface area contributed by atoms with Gasteiger partial charge in [-0.25, -0.2) is 8.78 Å². The molecule has 0 aliphatic carbocycles. The number of alkyl halides is 2. The second-order valence-corrected chi connectivity index (χ2v) is 3.21. The van der Waals surface area contributed by atoms with Gasteiger partial charge in [0.1, 0.15) is 5.41 Å².